The van der Waals surface area contributed by atoms with Crippen molar-refractivity contribution in [3.8, 4) is 11.5 Å². The number of aromatic nitrogens is 1. The van der Waals surface area contributed by atoms with Crippen LogP contribution in [0.5, 0.6) is 11.5 Å². The highest BCUT2D eigenvalue weighted by Gasteiger charge is 2.45. The minimum atomic E-state index is -0.737. The largest absolute Gasteiger partial charge is 0.457 e. The maximum atomic E-state index is 12.1. The lowest BCUT2D eigenvalue weighted by atomic mass is 10.2. The number of carbonyl (C=O) groups is 2. The van der Waals surface area contributed by atoms with Gasteiger partial charge in [0.1, 0.15) is 17.2 Å². The van der Waals surface area contributed by atoms with Crippen molar-refractivity contribution in [2.75, 3.05) is 12.4 Å². The summed E-state index contributed by atoms with van der Waals surface area (Å²) in [6, 6.07) is 8.61. The van der Waals surface area contributed by atoms with Crippen molar-refractivity contribution in [2.24, 2.45) is 5.73 Å². The smallest absolute Gasteiger partial charge is 0.269 e. The third kappa shape index (κ3) is 5.32. The van der Waals surface area contributed by atoms with Crippen LogP contribution in [0.2, 0.25) is 0 Å². The van der Waals surface area contributed by atoms with Crippen LogP contribution >= 0.6 is 24.8 Å². The number of amides is 2. The molecular weight excluding hydrogens is 391 g/mol. The monoisotopic (exact) mass is 412 g/mol. The van der Waals surface area contributed by atoms with Gasteiger partial charge >= 0.3 is 0 Å². The minimum absolute atomic E-state index is 0. The number of ether oxygens (including phenoxy) is 1. The standard InChI is InChI=1S/C18H20N4O3.2ClH/c1-11-3-4-12(22-17(24)18(19)6-7-18)9-15(11)25-13-5-8-21-14(10-13)16(23)20-2;;/h3-5,8-10H,6-7,19H2,1-2H3,(H,20,23)(H,22,24);2*1H. The highest BCUT2D eigenvalue weighted by atomic mass is 35.5. The highest BCUT2D eigenvalue weighted by molar-refractivity contribution is 6.00. The van der Waals surface area contributed by atoms with Crippen LogP contribution in [-0.4, -0.2) is 29.4 Å². The molecule has 1 saturated carbocycles. The van der Waals surface area contributed by atoms with Crippen LogP contribution in [-0.2, 0) is 4.79 Å². The molecule has 27 heavy (non-hydrogen) atoms. The third-order valence-corrected chi connectivity index (χ3v) is 4.11. The summed E-state index contributed by atoms with van der Waals surface area (Å²) in [4.78, 5) is 27.7. The van der Waals surface area contributed by atoms with Crippen molar-refractivity contribution in [1.82, 2.24) is 10.3 Å². The van der Waals surface area contributed by atoms with E-state index >= 15 is 0 Å². The maximum Gasteiger partial charge on any atom is 0.269 e. The zero-order valence-electron chi connectivity index (χ0n) is 14.9. The number of nitrogens with two attached hydrogens (primary N) is 1. The summed E-state index contributed by atoms with van der Waals surface area (Å²) in [5, 5.41) is 5.33. The van der Waals surface area contributed by atoms with Gasteiger partial charge in [-0.15, -0.1) is 24.8 Å². The van der Waals surface area contributed by atoms with E-state index < -0.39 is 5.54 Å². The molecule has 7 nitrogen and oxygen atoms in total. The fraction of sp³-hybridized carbons (Fsp3) is 0.278. The second-order valence-corrected chi connectivity index (χ2v) is 6.15. The van der Waals surface area contributed by atoms with Crippen molar-refractivity contribution < 1.29 is 14.3 Å². The van der Waals surface area contributed by atoms with E-state index in [1.54, 1.807) is 24.3 Å². The van der Waals surface area contributed by atoms with E-state index in [1.165, 1.54) is 13.2 Å². The minimum Gasteiger partial charge on any atom is -0.457 e. The predicted octanol–water partition coefficient (Wildman–Crippen LogP) is 2.82. The Morgan fingerprint density at radius 3 is 2.52 bits per heavy atom. The topological polar surface area (TPSA) is 106 Å². The van der Waals surface area contributed by atoms with Gasteiger partial charge in [0.25, 0.3) is 5.91 Å². The first-order valence-electron chi connectivity index (χ1n) is 7.98. The van der Waals surface area contributed by atoms with Gasteiger partial charge in [-0.3, -0.25) is 14.6 Å². The van der Waals surface area contributed by atoms with Crippen LogP contribution in [0.4, 0.5) is 5.69 Å². The molecular formula is C18H22Cl2N4O3. The highest BCUT2D eigenvalue weighted by Crippen LogP contribution is 2.34. The summed E-state index contributed by atoms with van der Waals surface area (Å²) in [7, 11) is 1.54. The number of hydrogen-bond donors (Lipinski definition) is 3. The first-order valence-corrected chi connectivity index (χ1v) is 7.98. The number of carbonyl (C=O) groups excluding carboxylic acids is 2. The Morgan fingerprint density at radius 2 is 1.89 bits per heavy atom. The molecule has 1 heterocycles. The Kier molecular flexibility index (Phi) is 7.59. The maximum absolute atomic E-state index is 12.1. The summed E-state index contributed by atoms with van der Waals surface area (Å²) < 4.78 is 5.87. The zero-order chi connectivity index (χ0) is 18.0. The molecule has 0 atom stereocenters. The molecule has 3 rings (SSSR count). The molecule has 2 aromatic rings. The van der Waals surface area contributed by atoms with E-state index in [0.717, 1.165) is 5.56 Å². The second-order valence-electron chi connectivity index (χ2n) is 6.15. The molecule has 0 bridgehead atoms. The molecule has 9 heteroatoms. The van der Waals surface area contributed by atoms with Crippen molar-refractivity contribution >= 4 is 42.3 Å². The summed E-state index contributed by atoms with van der Waals surface area (Å²) in [6.07, 6.45) is 2.91. The first kappa shape index (κ1) is 22.7. The van der Waals surface area contributed by atoms with Gasteiger partial charge in [-0.1, -0.05) is 6.07 Å². The lowest BCUT2D eigenvalue weighted by Crippen LogP contribution is -2.37. The molecule has 1 fully saturated rings. The quantitative estimate of drug-likeness (QED) is 0.699. The zero-order valence-corrected chi connectivity index (χ0v) is 16.6. The number of aryl methyl sites for hydroxylation is 1. The Hall–Kier alpha value is -2.35. The summed E-state index contributed by atoms with van der Waals surface area (Å²) >= 11 is 0. The molecule has 0 unspecified atom stereocenters. The molecule has 1 aromatic carbocycles. The summed E-state index contributed by atoms with van der Waals surface area (Å²) in [5.41, 5.74) is 6.94. The molecule has 146 valence electrons. The Morgan fingerprint density at radius 1 is 1.19 bits per heavy atom. The van der Waals surface area contributed by atoms with Crippen molar-refractivity contribution in [3.05, 3.63) is 47.8 Å². The van der Waals surface area contributed by atoms with E-state index in [2.05, 4.69) is 15.6 Å². The van der Waals surface area contributed by atoms with Crippen LogP contribution in [0.25, 0.3) is 0 Å². The fourth-order valence-corrected chi connectivity index (χ4v) is 2.26. The van der Waals surface area contributed by atoms with Crippen LogP contribution in [0.3, 0.4) is 0 Å². The van der Waals surface area contributed by atoms with Gasteiger partial charge in [0.2, 0.25) is 5.91 Å². The number of halogens is 2. The average molecular weight is 413 g/mol. The third-order valence-electron chi connectivity index (χ3n) is 4.11. The van der Waals surface area contributed by atoms with E-state index in [9.17, 15) is 9.59 Å². The first-order chi connectivity index (χ1) is 11.9. The average Bonchev–Trinajstić information content (AvgIpc) is 3.36. The number of pyridine rings is 1. The van der Waals surface area contributed by atoms with Gasteiger partial charge in [0, 0.05) is 31.1 Å². The summed E-state index contributed by atoms with van der Waals surface area (Å²) in [6.45, 7) is 1.90. The number of hydrogen-bond acceptors (Lipinski definition) is 5. The van der Waals surface area contributed by atoms with Gasteiger partial charge in [0.15, 0.2) is 0 Å². The van der Waals surface area contributed by atoms with Crippen LogP contribution in [0, 0.1) is 6.92 Å². The van der Waals surface area contributed by atoms with Crippen LogP contribution in [0.15, 0.2) is 36.5 Å². The second kappa shape index (κ2) is 9.03. The van der Waals surface area contributed by atoms with E-state index in [4.69, 9.17) is 10.5 Å². The molecule has 2 amide bonds. The molecule has 0 saturated heterocycles. The van der Waals surface area contributed by atoms with Crippen LogP contribution in [0.1, 0.15) is 28.9 Å². The SMILES string of the molecule is CNC(=O)c1cc(Oc2cc(NC(=O)C3(N)CC3)ccc2C)ccn1.Cl.Cl. The Bertz CT molecular complexity index is 841. The predicted molar refractivity (Wildman–Crippen MR) is 108 cm³/mol. The van der Waals surface area contributed by atoms with Gasteiger partial charge < -0.3 is 21.1 Å². The molecule has 4 N–H and O–H groups in total. The van der Waals surface area contributed by atoms with Crippen molar-refractivity contribution in [2.45, 2.75) is 25.3 Å². The number of benzene rings is 1. The Labute approximate surface area is 169 Å². The molecule has 0 aliphatic heterocycles. The molecule has 1 aliphatic carbocycles. The normalized spacial score (nSPS) is 13.4. The van der Waals surface area contributed by atoms with Crippen molar-refractivity contribution in [3.63, 3.8) is 0 Å². The number of rotatable bonds is 5. The van der Waals surface area contributed by atoms with Gasteiger partial charge in [0.05, 0.1) is 5.54 Å². The molecule has 1 aromatic heterocycles. The molecule has 1 aliphatic rings. The lowest BCUT2D eigenvalue weighted by Gasteiger charge is -2.14. The number of anilines is 1. The van der Waals surface area contributed by atoms with E-state index in [-0.39, 0.29) is 42.3 Å². The van der Waals surface area contributed by atoms with E-state index in [0.29, 0.717) is 30.0 Å². The summed E-state index contributed by atoms with van der Waals surface area (Å²) in [5.74, 6) is 0.584. The Balaban J connectivity index is 0.00000182. The van der Waals surface area contributed by atoms with Crippen LogP contribution < -0.4 is 21.1 Å². The number of nitrogens with one attached hydrogen (secondary N) is 2. The van der Waals surface area contributed by atoms with E-state index in [1.807, 2.05) is 13.0 Å². The molecule has 0 spiro atoms. The van der Waals surface area contributed by atoms with Crippen molar-refractivity contribution in [1.29, 1.82) is 0 Å². The number of nitrogens with zero attached hydrogens (tertiary/aromatic N) is 1. The lowest BCUT2D eigenvalue weighted by molar-refractivity contribution is -0.118. The van der Waals surface area contributed by atoms with Gasteiger partial charge in [-0.25, -0.2) is 0 Å². The molecule has 0 radical (unpaired) electrons. The van der Waals surface area contributed by atoms with Gasteiger partial charge in [-0.05, 0) is 37.5 Å². The van der Waals surface area contributed by atoms with Gasteiger partial charge in [-0.2, -0.15) is 0 Å². The fourth-order valence-electron chi connectivity index (χ4n) is 2.26.